The predicted molar refractivity (Wildman–Crippen MR) is 81.0 cm³/mol. The van der Waals surface area contributed by atoms with E-state index in [9.17, 15) is 0 Å². The smallest absolute Gasteiger partial charge is 0.241 e. The number of nitrogens with zero attached hydrogens (tertiary/aromatic N) is 2. The molecule has 0 unspecified atom stereocenters. The van der Waals surface area contributed by atoms with E-state index in [2.05, 4.69) is 37.1 Å². The number of rotatable bonds is 3. The summed E-state index contributed by atoms with van der Waals surface area (Å²) in [6.45, 7) is 4.78. The molecule has 3 nitrogen and oxygen atoms in total. The van der Waals surface area contributed by atoms with Gasteiger partial charge in [-0.3, -0.25) is 4.68 Å². The van der Waals surface area contributed by atoms with E-state index in [0.29, 0.717) is 12.5 Å². The van der Waals surface area contributed by atoms with Crippen LogP contribution in [0, 0.1) is 13.8 Å². The monoisotopic (exact) mass is 266 g/mol. The van der Waals surface area contributed by atoms with Crippen LogP contribution in [0.25, 0.3) is 10.9 Å². The van der Waals surface area contributed by atoms with Crippen LogP contribution in [0.2, 0.25) is 0 Å². The van der Waals surface area contributed by atoms with Crippen molar-refractivity contribution >= 4 is 10.9 Å². The number of hydrogen-bond donors (Lipinski definition) is 0. The number of benzene rings is 2. The van der Waals surface area contributed by atoms with Gasteiger partial charge >= 0.3 is 0 Å². The summed E-state index contributed by atoms with van der Waals surface area (Å²) in [4.78, 5) is 0. The van der Waals surface area contributed by atoms with Crippen LogP contribution in [0.5, 0.6) is 5.88 Å². The van der Waals surface area contributed by atoms with Crippen LogP contribution in [0.1, 0.15) is 16.7 Å². The fourth-order valence-electron chi connectivity index (χ4n) is 2.33. The highest BCUT2D eigenvalue weighted by Gasteiger charge is 2.09. The van der Waals surface area contributed by atoms with E-state index < -0.39 is 0 Å². The lowest BCUT2D eigenvalue weighted by molar-refractivity contribution is 0.294. The van der Waals surface area contributed by atoms with Gasteiger partial charge in [0.2, 0.25) is 5.88 Å². The van der Waals surface area contributed by atoms with Crippen molar-refractivity contribution in [3.63, 3.8) is 0 Å². The standard InChI is InChI=1S/C17H18N2O/c1-12-8-9-14(10-13(12)2)11-20-17-15-6-4-5-7-16(15)19(3)18-17/h4-10H,11H2,1-3H3. The highest BCUT2D eigenvalue weighted by atomic mass is 16.5. The maximum atomic E-state index is 5.89. The van der Waals surface area contributed by atoms with Gasteiger partial charge in [-0.1, -0.05) is 30.3 Å². The van der Waals surface area contributed by atoms with Crippen LogP contribution in [0.4, 0.5) is 0 Å². The SMILES string of the molecule is Cc1ccc(COc2nn(C)c3ccccc23)cc1C. The Morgan fingerprint density at radius 1 is 1.05 bits per heavy atom. The molecule has 0 spiro atoms. The normalized spacial score (nSPS) is 10.9. The summed E-state index contributed by atoms with van der Waals surface area (Å²) < 4.78 is 7.74. The molecule has 102 valence electrons. The van der Waals surface area contributed by atoms with Crippen LogP contribution >= 0.6 is 0 Å². The van der Waals surface area contributed by atoms with Crippen LogP contribution in [-0.4, -0.2) is 9.78 Å². The minimum Gasteiger partial charge on any atom is -0.471 e. The second-order valence-electron chi connectivity index (χ2n) is 5.15. The molecule has 1 heterocycles. The predicted octanol–water partition coefficient (Wildman–Crippen LogP) is 3.77. The van der Waals surface area contributed by atoms with Gasteiger partial charge in [0.25, 0.3) is 0 Å². The van der Waals surface area contributed by atoms with Gasteiger partial charge in [-0.2, -0.15) is 0 Å². The van der Waals surface area contributed by atoms with Crippen molar-refractivity contribution in [2.75, 3.05) is 0 Å². The Bertz CT molecular complexity index is 759. The molecule has 0 aliphatic rings. The van der Waals surface area contributed by atoms with E-state index in [1.165, 1.54) is 16.7 Å². The summed E-state index contributed by atoms with van der Waals surface area (Å²) >= 11 is 0. The van der Waals surface area contributed by atoms with Gasteiger partial charge < -0.3 is 4.74 Å². The Kier molecular flexibility index (Phi) is 3.18. The maximum absolute atomic E-state index is 5.89. The van der Waals surface area contributed by atoms with Gasteiger partial charge in [0.15, 0.2) is 0 Å². The van der Waals surface area contributed by atoms with E-state index >= 15 is 0 Å². The molecule has 2 aromatic carbocycles. The molecular formula is C17H18N2O. The third-order valence-corrected chi connectivity index (χ3v) is 3.67. The Morgan fingerprint density at radius 3 is 2.65 bits per heavy atom. The molecule has 3 heteroatoms. The molecule has 1 aromatic heterocycles. The van der Waals surface area contributed by atoms with Gasteiger partial charge in [0.1, 0.15) is 6.61 Å². The Hall–Kier alpha value is -2.29. The summed E-state index contributed by atoms with van der Waals surface area (Å²) in [5, 5.41) is 5.49. The summed E-state index contributed by atoms with van der Waals surface area (Å²) in [5.74, 6) is 0.696. The van der Waals surface area contributed by atoms with Gasteiger partial charge in [-0.25, -0.2) is 0 Å². The second-order valence-corrected chi connectivity index (χ2v) is 5.15. The van der Waals surface area contributed by atoms with Crippen LogP contribution in [0.15, 0.2) is 42.5 Å². The molecule has 0 atom stereocenters. The molecule has 0 fully saturated rings. The zero-order chi connectivity index (χ0) is 14.1. The molecule has 0 amide bonds. The minimum absolute atomic E-state index is 0.544. The number of aromatic nitrogens is 2. The van der Waals surface area contributed by atoms with Gasteiger partial charge in [0, 0.05) is 7.05 Å². The van der Waals surface area contributed by atoms with Crippen LogP contribution in [0.3, 0.4) is 0 Å². The maximum Gasteiger partial charge on any atom is 0.241 e. The van der Waals surface area contributed by atoms with Crippen molar-refractivity contribution in [2.24, 2.45) is 7.05 Å². The summed E-state index contributed by atoms with van der Waals surface area (Å²) in [7, 11) is 1.94. The molecular weight excluding hydrogens is 248 g/mol. The quantitative estimate of drug-likeness (QED) is 0.721. The average molecular weight is 266 g/mol. The lowest BCUT2D eigenvalue weighted by Gasteiger charge is -2.06. The molecule has 0 saturated carbocycles. The molecule has 0 N–H and O–H groups in total. The van der Waals surface area contributed by atoms with Crippen molar-refractivity contribution in [1.29, 1.82) is 0 Å². The number of ether oxygens (including phenoxy) is 1. The zero-order valence-electron chi connectivity index (χ0n) is 12.1. The summed E-state index contributed by atoms with van der Waals surface area (Å²) in [6.07, 6.45) is 0. The number of aryl methyl sites for hydroxylation is 3. The summed E-state index contributed by atoms with van der Waals surface area (Å²) in [6, 6.07) is 14.5. The highest BCUT2D eigenvalue weighted by molar-refractivity contribution is 5.84. The first-order valence-corrected chi connectivity index (χ1v) is 6.76. The molecule has 0 radical (unpaired) electrons. The summed E-state index contributed by atoms with van der Waals surface area (Å²) in [5.41, 5.74) is 4.85. The second kappa shape index (κ2) is 5.00. The number of fused-ring (bicyclic) bond motifs is 1. The number of para-hydroxylation sites is 1. The third kappa shape index (κ3) is 2.27. The molecule has 0 bridgehead atoms. The van der Waals surface area contributed by atoms with Crippen molar-refractivity contribution in [3.8, 4) is 5.88 Å². The third-order valence-electron chi connectivity index (χ3n) is 3.67. The minimum atomic E-state index is 0.544. The van der Waals surface area contributed by atoms with Crippen molar-refractivity contribution in [3.05, 3.63) is 59.2 Å². The molecule has 20 heavy (non-hydrogen) atoms. The topological polar surface area (TPSA) is 27.1 Å². The van der Waals surface area contributed by atoms with E-state index in [1.54, 1.807) is 0 Å². The van der Waals surface area contributed by atoms with Gasteiger partial charge in [0.05, 0.1) is 10.9 Å². The number of hydrogen-bond acceptors (Lipinski definition) is 2. The molecule has 0 aliphatic carbocycles. The van der Waals surface area contributed by atoms with Gasteiger partial charge in [-0.15, -0.1) is 5.10 Å². The fourth-order valence-corrected chi connectivity index (χ4v) is 2.33. The average Bonchev–Trinajstić information content (AvgIpc) is 2.78. The highest BCUT2D eigenvalue weighted by Crippen LogP contribution is 2.24. The first kappa shape index (κ1) is 12.7. The first-order chi connectivity index (χ1) is 9.65. The largest absolute Gasteiger partial charge is 0.471 e. The van der Waals surface area contributed by atoms with Crippen molar-refractivity contribution in [2.45, 2.75) is 20.5 Å². The van der Waals surface area contributed by atoms with E-state index in [1.807, 2.05) is 36.0 Å². The first-order valence-electron chi connectivity index (χ1n) is 6.76. The van der Waals surface area contributed by atoms with E-state index in [-0.39, 0.29) is 0 Å². The van der Waals surface area contributed by atoms with Crippen molar-refractivity contribution in [1.82, 2.24) is 9.78 Å². The van der Waals surface area contributed by atoms with E-state index in [4.69, 9.17) is 4.74 Å². The lowest BCUT2D eigenvalue weighted by atomic mass is 10.1. The van der Waals surface area contributed by atoms with Crippen LogP contribution < -0.4 is 4.74 Å². The fraction of sp³-hybridized carbons (Fsp3) is 0.235. The zero-order valence-corrected chi connectivity index (χ0v) is 12.1. The Balaban J connectivity index is 1.85. The molecule has 0 aliphatic heterocycles. The molecule has 3 aromatic rings. The molecule has 0 saturated heterocycles. The van der Waals surface area contributed by atoms with E-state index in [0.717, 1.165) is 10.9 Å². The Morgan fingerprint density at radius 2 is 1.85 bits per heavy atom. The van der Waals surface area contributed by atoms with Gasteiger partial charge in [-0.05, 0) is 42.7 Å². The van der Waals surface area contributed by atoms with Crippen molar-refractivity contribution < 1.29 is 4.74 Å². The Labute approximate surface area is 118 Å². The van der Waals surface area contributed by atoms with Crippen LogP contribution in [-0.2, 0) is 13.7 Å². The lowest BCUT2D eigenvalue weighted by Crippen LogP contribution is -1.98. The molecule has 3 rings (SSSR count).